The van der Waals surface area contributed by atoms with E-state index in [1.54, 1.807) is 0 Å². The quantitative estimate of drug-likeness (QED) is 0.232. The second-order valence-electron chi connectivity index (χ2n) is 7.67. The third-order valence-electron chi connectivity index (χ3n) is 5.50. The molecule has 27 heavy (non-hydrogen) atoms. The molecule has 0 amide bonds. The fourth-order valence-electron chi connectivity index (χ4n) is 3.91. The van der Waals surface area contributed by atoms with Gasteiger partial charge >= 0.3 is 0 Å². The van der Waals surface area contributed by atoms with Crippen LogP contribution in [-0.2, 0) is 0 Å². The summed E-state index contributed by atoms with van der Waals surface area (Å²) >= 11 is 0. The Bertz CT molecular complexity index is 821. The van der Waals surface area contributed by atoms with Gasteiger partial charge in [0.25, 0.3) is 0 Å². The summed E-state index contributed by atoms with van der Waals surface area (Å²) in [6, 6.07) is 19.4. The average Bonchev–Trinajstić information content (AvgIpc) is 2.72. The minimum absolute atomic E-state index is 0.822. The highest BCUT2D eigenvalue weighted by molar-refractivity contribution is 6.09. The summed E-state index contributed by atoms with van der Waals surface area (Å²) in [4.78, 5) is 0. The van der Waals surface area contributed by atoms with Gasteiger partial charge in [0, 0.05) is 5.39 Å². The lowest BCUT2D eigenvalue weighted by molar-refractivity contribution is 0.307. The van der Waals surface area contributed by atoms with Crippen molar-refractivity contribution in [2.24, 2.45) is 0 Å². The van der Waals surface area contributed by atoms with Crippen molar-refractivity contribution in [1.29, 1.82) is 0 Å². The van der Waals surface area contributed by atoms with Crippen LogP contribution in [0.3, 0.4) is 0 Å². The molecule has 0 aliphatic carbocycles. The smallest absolute Gasteiger partial charge is 0.127 e. The zero-order valence-electron chi connectivity index (χ0n) is 16.9. The topological polar surface area (TPSA) is 9.23 Å². The SMILES string of the molecule is CCCCCCCCCCCCOc1cccc2c1ccc1ccccc12. The van der Waals surface area contributed by atoms with Crippen LogP contribution in [0, 0.1) is 0 Å². The van der Waals surface area contributed by atoms with Gasteiger partial charge in [-0.05, 0) is 28.6 Å². The number of benzene rings is 3. The van der Waals surface area contributed by atoms with E-state index in [0.717, 1.165) is 18.8 Å². The predicted molar refractivity (Wildman–Crippen MR) is 119 cm³/mol. The van der Waals surface area contributed by atoms with Crippen molar-refractivity contribution < 1.29 is 4.74 Å². The van der Waals surface area contributed by atoms with Crippen LogP contribution in [0.15, 0.2) is 54.6 Å². The Balaban J connectivity index is 1.41. The van der Waals surface area contributed by atoms with Crippen molar-refractivity contribution in [2.75, 3.05) is 6.61 Å². The molecule has 0 aliphatic heterocycles. The van der Waals surface area contributed by atoms with Crippen molar-refractivity contribution >= 4 is 21.5 Å². The van der Waals surface area contributed by atoms with Crippen LogP contribution in [0.25, 0.3) is 21.5 Å². The van der Waals surface area contributed by atoms with Gasteiger partial charge in [0.2, 0.25) is 0 Å². The summed E-state index contributed by atoms with van der Waals surface area (Å²) in [6.45, 7) is 3.10. The second-order valence-corrected chi connectivity index (χ2v) is 7.67. The van der Waals surface area contributed by atoms with Gasteiger partial charge in [-0.2, -0.15) is 0 Å². The average molecular weight is 363 g/mol. The molecule has 1 nitrogen and oxygen atoms in total. The maximum Gasteiger partial charge on any atom is 0.127 e. The largest absolute Gasteiger partial charge is 0.493 e. The summed E-state index contributed by atoms with van der Waals surface area (Å²) < 4.78 is 6.14. The molecular formula is C26H34O. The molecule has 3 aromatic carbocycles. The highest BCUT2D eigenvalue weighted by Gasteiger charge is 2.05. The summed E-state index contributed by atoms with van der Waals surface area (Å²) in [5.74, 6) is 1.02. The van der Waals surface area contributed by atoms with Gasteiger partial charge in [0.15, 0.2) is 0 Å². The molecule has 0 heterocycles. The van der Waals surface area contributed by atoms with E-state index in [9.17, 15) is 0 Å². The molecule has 0 saturated heterocycles. The molecule has 0 saturated carbocycles. The van der Waals surface area contributed by atoms with Gasteiger partial charge < -0.3 is 4.74 Å². The molecule has 0 spiro atoms. The monoisotopic (exact) mass is 362 g/mol. The highest BCUT2D eigenvalue weighted by atomic mass is 16.5. The first-order valence-electron chi connectivity index (χ1n) is 10.9. The maximum absolute atomic E-state index is 6.14. The molecule has 0 fully saturated rings. The van der Waals surface area contributed by atoms with E-state index in [-0.39, 0.29) is 0 Å². The number of hydrogen-bond acceptors (Lipinski definition) is 1. The minimum atomic E-state index is 0.822. The number of rotatable bonds is 12. The molecule has 144 valence electrons. The van der Waals surface area contributed by atoms with Gasteiger partial charge in [0.05, 0.1) is 6.61 Å². The van der Waals surface area contributed by atoms with Crippen LogP contribution in [-0.4, -0.2) is 6.61 Å². The summed E-state index contributed by atoms with van der Waals surface area (Å²) in [5.41, 5.74) is 0. The van der Waals surface area contributed by atoms with E-state index < -0.39 is 0 Å². The van der Waals surface area contributed by atoms with Gasteiger partial charge in [-0.15, -0.1) is 0 Å². The van der Waals surface area contributed by atoms with E-state index in [1.807, 2.05) is 0 Å². The molecule has 3 rings (SSSR count). The number of unbranched alkanes of at least 4 members (excludes halogenated alkanes) is 9. The lowest BCUT2D eigenvalue weighted by Crippen LogP contribution is -1.98. The second kappa shape index (κ2) is 11.0. The van der Waals surface area contributed by atoms with Gasteiger partial charge in [-0.1, -0.05) is 113 Å². The molecule has 0 unspecified atom stereocenters. The van der Waals surface area contributed by atoms with Crippen LogP contribution in [0.2, 0.25) is 0 Å². The summed E-state index contributed by atoms with van der Waals surface area (Å²) in [7, 11) is 0. The third kappa shape index (κ3) is 5.73. The Morgan fingerprint density at radius 1 is 0.556 bits per heavy atom. The van der Waals surface area contributed by atoms with E-state index in [0.29, 0.717) is 0 Å². The molecule has 0 atom stereocenters. The zero-order chi connectivity index (χ0) is 18.7. The van der Waals surface area contributed by atoms with Crippen molar-refractivity contribution in [3.05, 3.63) is 54.6 Å². The maximum atomic E-state index is 6.14. The van der Waals surface area contributed by atoms with Crippen LogP contribution >= 0.6 is 0 Å². The Morgan fingerprint density at radius 2 is 1.22 bits per heavy atom. The van der Waals surface area contributed by atoms with Crippen LogP contribution in [0.5, 0.6) is 5.75 Å². The van der Waals surface area contributed by atoms with E-state index >= 15 is 0 Å². The van der Waals surface area contributed by atoms with Gasteiger partial charge in [0.1, 0.15) is 5.75 Å². The lowest BCUT2D eigenvalue weighted by atomic mass is 10.0. The molecule has 0 aromatic heterocycles. The third-order valence-corrected chi connectivity index (χ3v) is 5.50. The molecule has 0 aliphatic rings. The van der Waals surface area contributed by atoms with E-state index in [4.69, 9.17) is 4.74 Å². The van der Waals surface area contributed by atoms with Crippen molar-refractivity contribution in [3.63, 3.8) is 0 Å². The standard InChI is InChI=1S/C26H34O/c1-2-3-4-5-6-7-8-9-10-13-21-27-26-18-14-17-24-23-16-12-11-15-22(23)19-20-25(24)26/h11-12,14-20H,2-10,13,21H2,1H3. The highest BCUT2D eigenvalue weighted by Crippen LogP contribution is 2.31. The van der Waals surface area contributed by atoms with Gasteiger partial charge in [-0.3, -0.25) is 0 Å². The molecular weight excluding hydrogens is 328 g/mol. The Morgan fingerprint density at radius 3 is 2.00 bits per heavy atom. The van der Waals surface area contributed by atoms with Crippen molar-refractivity contribution in [3.8, 4) is 5.75 Å². The first-order valence-corrected chi connectivity index (χ1v) is 10.9. The number of ether oxygens (including phenoxy) is 1. The molecule has 3 aromatic rings. The molecule has 0 radical (unpaired) electrons. The Hall–Kier alpha value is -2.02. The molecule has 0 bridgehead atoms. The summed E-state index contributed by atoms with van der Waals surface area (Å²) in [6.07, 6.45) is 13.6. The van der Waals surface area contributed by atoms with Crippen LogP contribution in [0.4, 0.5) is 0 Å². The summed E-state index contributed by atoms with van der Waals surface area (Å²) in [5, 5.41) is 5.10. The lowest BCUT2D eigenvalue weighted by Gasteiger charge is -2.11. The van der Waals surface area contributed by atoms with Crippen LogP contribution in [0.1, 0.15) is 71.1 Å². The number of fused-ring (bicyclic) bond motifs is 3. The van der Waals surface area contributed by atoms with Crippen LogP contribution < -0.4 is 4.74 Å². The first-order chi connectivity index (χ1) is 13.4. The Kier molecular flexibility index (Phi) is 8.02. The van der Waals surface area contributed by atoms with E-state index in [2.05, 4.69) is 61.5 Å². The van der Waals surface area contributed by atoms with Crippen molar-refractivity contribution in [2.45, 2.75) is 71.1 Å². The fourth-order valence-corrected chi connectivity index (χ4v) is 3.91. The zero-order valence-corrected chi connectivity index (χ0v) is 16.9. The minimum Gasteiger partial charge on any atom is -0.493 e. The molecule has 1 heteroatoms. The first kappa shape index (κ1) is 19.7. The molecule has 0 N–H and O–H groups in total. The number of hydrogen-bond donors (Lipinski definition) is 0. The van der Waals surface area contributed by atoms with E-state index in [1.165, 1.54) is 79.3 Å². The fraction of sp³-hybridized carbons (Fsp3) is 0.462. The van der Waals surface area contributed by atoms with Crippen molar-refractivity contribution in [1.82, 2.24) is 0 Å². The van der Waals surface area contributed by atoms with Gasteiger partial charge in [-0.25, -0.2) is 0 Å². The predicted octanol–water partition coefficient (Wildman–Crippen LogP) is 8.29. The normalized spacial score (nSPS) is 11.3. The Labute approximate surface area is 164 Å².